The number of carbonyl (C=O) groups excluding carboxylic acids is 1. The molecule has 0 radical (unpaired) electrons. The van der Waals surface area contributed by atoms with Crippen molar-refractivity contribution in [3.63, 3.8) is 0 Å². The van der Waals surface area contributed by atoms with E-state index in [0.29, 0.717) is 6.07 Å². The Hall–Kier alpha value is -2.88. The summed E-state index contributed by atoms with van der Waals surface area (Å²) in [5, 5.41) is 12.8. The second-order valence-electron chi connectivity index (χ2n) is 5.25. The van der Waals surface area contributed by atoms with Crippen LogP contribution in [-0.2, 0) is 17.5 Å². The van der Waals surface area contributed by atoms with Crippen LogP contribution in [0.1, 0.15) is 11.3 Å². The first-order valence-corrected chi connectivity index (χ1v) is 7.40. The number of alkyl halides is 3. The first-order chi connectivity index (χ1) is 12.0. The van der Waals surface area contributed by atoms with E-state index in [1.54, 1.807) is 0 Å². The van der Waals surface area contributed by atoms with Crippen LogP contribution in [0, 0.1) is 17.0 Å². The molecule has 0 atom stereocenters. The molecule has 7 nitrogen and oxygen atoms in total. The van der Waals surface area contributed by atoms with Crippen molar-refractivity contribution in [2.45, 2.75) is 19.6 Å². The highest BCUT2D eigenvalue weighted by Crippen LogP contribution is 2.33. The second-order valence-corrected chi connectivity index (χ2v) is 5.66. The summed E-state index contributed by atoms with van der Waals surface area (Å²) in [6.45, 7) is 0.828. The van der Waals surface area contributed by atoms with Crippen molar-refractivity contribution in [2.24, 2.45) is 0 Å². The van der Waals surface area contributed by atoms with Crippen molar-refractivity contribution >= 4 is 28.9 Å². The Bertz CT molecular complexity index is 941. The number of anilines is 1. The predicted molar refractivity (Wildman–Crippen MR) is 87.2 cm³/mol. The number of hydrogen-bond donors (Lipinski definition) is 1. The van der Waals surface area contributed by atoms with Gasteiger partial charge < -0.3 is 5.32 Å². The molecule has 0 spiro atoms. The van der Waals surface area contributed by atoms with Gasteiger partial charge in [0, 0.05) is 11.8 Å². The molecular weight excluding hydrogens is 379 g/mol. The van der Waals surface area contributed by atoms with Crippen LogP contribution in [0.2, 0.25) is 5.02 Å². The van der Waals surface area contributed by atoms with Crippen LogP contribution in [0.25, 0.3) is 0 Å². The smallest absolute Gasteiger partial charge is 0.323 e. The van der Waals surface area contributed by atoms with Gasteiger partial charge in [0.15, 0.2) is 0 Å². The van der Waals surface area contributed by atoms with Gasteiger partial charge in [0.25, 0.3) is 0 Å². The molecule has 26 heavy (non-hydrogen) atoms. The van der Waals surface area contributed by atoms with Crippen molar-refractivity contribution in [3.05, 3.63) is 67.1 Å². The Balaban J connectivity index is 2.30. The van der Waals surface area contributed by atoms with E-state index in [1.165, 1.54) is 13.0 Å². The molecule has 0 saturated carbocycles. The number of nitrogens with zero attached hydrogens (tertiary/aromatic N) is 2. The number of nitrogens with one attached hydrogen (secondary N) is 1. The fraction of sp³-hybridized carbons (Fsp3) is 0.200. The average molecular weight is 390 g/mol. The maximum absolute atomic E-state index is 12.7. The molecular formula is C15H11ClF3N3O4. The molecule has 0 fully saturated rings. The van der Waals surface area contributed by atoms with Crippen LogP contribution >= 0.6 is 11.6 Å². The van der Waals surface area contributed by atoms with E-state index in [2.05, 4.69) is 5.32 Å². The minimum Gasteiger partial charge on any atom is -0.323 e. The Morgan fingerprint density at radius 1 is 1.31 bits per heavy atom. The molecule has 1 aromatic heterocycles. The summed E-state index contributed by atoms with van der Waals surface area (Å²) in [4.78, 5) is 34.1. The summed E-state index contributed by atoms with van der Waals surface area (Å²) < 4.78 is 39.1. The number of amides is 1. The number of benzene rings is 1. The highest BCUT2D eigenvalue weighted by atomic mass is 35.5. The van der Waals surface area contributed by atoms with Crippen molar-refractivity contribution in [2.75, 3.05) is 5.32 Å². The van der Waals surface area contributed by atoms with Gasteiger partial charge in [-0.15, -0.1) is 0 Å². The zero-order chi connectivity index (χ0) is 19.6. The fourth-order valence-electron chi connectivity index (χ4n) is 2.13. The van der Waals surface area contributed by atoms with Crippen molar-refractivity contribution < 1.29 is 22.9 Å². The number of hydrogen-bond acceptors (Lipinski definition) is 4. The molecule has 0 aliphatic rings. The van der Waals surface area contributed by atoms with Gasteiger partial charge in [-0.2, -0.15) is 13.2 Å². The van der Waals surface area contributed by atoms with E-state index >= 15 is 0 Å². The normalized spacial score (nSPS) is 11.3. The highest BCUT2D eigenvalue weighted by Gasteiger charge is 2.31. The van der Waals surface area contributed by atoms with Gasteiger partial charge in [0.1, 0.15) is 6.54 Å². The molecule has 1 aromatic carbocycles. The SMILES string of the molecule is Cc1ccc([N+](=O)[O-])c(=O)n1CC(=O)Nc1cc(C(F)(F)F)ccc1Cl. The summed E-state index contributed by atoms with van der Waals surface area (Å²) in [6, 6.07) is 4.68. The van der Waals surface area contributed by atoms with Crippen LogP contribution in [-0.4, -0.2) is 15.4 Å². The van der Waals surface area contributed by atoms with Crippen LogP contribution in [0.4, 0.5) is 24.5 Å². The third kappa shape index (κ3) is 4.20. The molecule has 1 amide bonds. The first-order valence-electron chi connectivity index (χ1n) is 7.02. The minimum atomic E-state index is -4.63. The topological polar surface area (TPSA) is 94.2 Å². The van der Waals surface area contributed by atoms with E-state index in [-0.39, 0.29) is 16.4 Å². The average Bonchev–Trinajstić information content (AvgIpc) is 2.52. The zero-order valence-electron chi connectivity index (χ0n) is 13.1. The molecule has 0 bridgehead atoms. The number of aromatic nitrogens is 1. The van der Waals surface area contributed by atoms with Gasteiger partial charge in [-0.25, -0.2) is 0 Å². The number of carbonyl (C=O) groups is 1. The standard InChI is InChI=1S/C15H11ClF3N3O4/c1-8-2-5-12(22(25)26)14(24)21(8)7-13(23)20-11-6-9(15(17,18)19)3-4-10(11)16/h2-6H,7H2,1H3,(H,20,23). The molecule has 11 heteroatoms. The number of rotatable bonds is 4. The van der Waals surface area contributed by atoms with Gasteiger partial charge in [-0.1, -0.05) is 11.6 Å². The van der Waals surface area contributed by atoms with E-state index in [9.17, 15) is 32.9 Å². The Morgan fingerprint density at radius 2 is 1.96 bits per heavy atom. The molecule has 138 valence electrons. The molecule has 0 aliphatic carbocycles. The fourth-order valence-corrected chi connectivity index (χ4v) is 2.29. The Morgan fingerprint density at radius 3 is 2.54 bits per heavy atom. The van der Waals surface area contributed by atoms with Crippen molar-refractivity contribution in [1.82, 2.24) is 4.57 Å². The van der Waals surface area contributed by atoms with E-state index in [4.69, 9.17) is 11.6 Å². The van der Waals surface area contributed by atoms with Gasteiger partial charge in [-0.3, -0.25) is 24.3 Å². The second kappa shape index (κ2) is 7.16. The van der Waals surface area contributed by atoms with E-state index < -0.39 is 40.4 Å². The zero-order valence-corrected chi connectivity index (χ0v) is 13.9. The van der Waals surface area contributed by atoms with Crippen LogP contribution in [0.15, 0.2) is 35.1 Å². The number of halogens is 4. The molecule has 0 aliphatic heterocycles. The van der Waals surface area contributed by atoms with E-state index in [1.807, 2.05) is 0 Å². The molecule has 0 unspecified atom stereocenters. The molecule has 0 saturated heterocycles. The lowest BCUT2D eigenvalue weighted by molar-refractivity contribution is -0.386. The predicted octanol–water partition coefficient (Wildman–Crippen LogP) is 3.38. The largest absolute Gasteiger partial charge is 0.416 e. The Kier molecular flexibility index (Phi) is 5.36. The summed E-state index contributed by atoms with van der Waals surface area (Å²) in [6.07, 6.45) is -4.63. The first kappa shape index (κ1) is 19.4. The quantitative estimate of drug-likeness (QED) is 0.640. The molecule has 2 aromatic rings. The summed E-state index contributed by atoms with van der Waals surface area (Å²) >= 11 is 5.78. The summed E-state index contributed by atoms with van der Waals surface area (Å²) in [5.74, 6) is -0.864. The lowest BCUT2D eigenvalue weighted by atomic mass is 10.2. The van der Waals surface area contributed by atoms with Gasteiger partial charge in [0.2, 0.25) is 5.91 Å². The molecule has 1 N–H and O–H groups in total. The van der Waals surface area contributed by atoms with Gasteiger partial charge in [-0.05, 0) is 31.2 Å². The third-order valence-corrected chi connectivity index (χ3v) is 3.77. The summed E-state index contributed by atoms with van der Waals surface area (Å²) in [5.41, 5.74) is -2.75. The number of nitro groups is 1. The monoisotopic (exact) mass is 389 g/mol. The van der Waals surface area contributed by atoms with Crippen LogP contribution in [0.5, 0.6) is 0 Å². The Labute approximate surface area is 149 Å². The van der Waals surface area contributed by atoms with Crippen molar-refractivity contribution in [3.8, 4) is 0 Å². The minimum absolute atomic E-state index is 0.130. The molecule has 2 rings (SSSR count). The maximum atomic E-state index is 12.7. The lowest BCUT2D eigenvalue weighted by Crippen LogP contribution is -2.30. The van der Waals surface area contributed by atoms with Gasteiger partial charge in [0.05, 0.1) is 21.2 Å². The highest BCUT2D eigenvalue weighted by molar-refractivity contribution is 6.33. The molecule has 1 heterocycles. The van der Waals surface area contributed by atoms with Crippen LogP contribution in [0.3, 0.4) is 0 Å². The third-order valence-electron chi connectivity index (χ3n) is 3.44. The van der Waals surface area contributed by atoms with Crippen molar-refractivity contribution in [1.29, 1.82) is 0 Å². The lowest BCUT2D eigenvalue weighted by Gasteiger charge is -2.13. The summed E-state index contributed by atoms with van der Waals surface area (Å²) in [7, 11) is 0. The number of aryl methyl sites for hydroxylation is 1. The van der Waals surface area contributed by atoms with E-state index in [0.717, 1.165) is 22.8 Å². The number of pyridine rings is 1. The van der Waals surface area contributed by atoms with Crippen LogP contribution < -0.4 is 10.9 Å². The van der Waals surface area contributed by atoms with Gasteiger partial charge >= 0.3 is 17.4 Å². The maximum Gasteiger partial charge on any atom is 0.416 e.